The van der Waals surface area contributed by atoms with Crippen molar-refractivity contribution >= 4 is 51.2 Å². The molecule has 1 fully saturated rings. The van der Waals surface area contributed by atoms with Crippen molar-refractivity contribution in [2.45, 2.75) is 32.7 Å². The van der Waals surface area contributed by atoms with Crippen LogP contribution < -0.4 is 10.1 Å². The highest BCUT2D eigenvalue weighted by atomic mass is 32.2. The molecule has 154 valence electrons. The van der Waals surface area contributed by atoms with Crippen LogP contribution in [-0.2, 0) is 11.3 Å². The standard InChI is InChI=1S/C24H24N2O2S2/c1-3-16(2)18-8-5-7-11-21(18)28-13-12-26-15-17(19-9-4-6-10-20(19)26)14-22-23(27)25-24(29)30-22/h4-11,14-16H,3,12-13H2,1-2H3,(H,25,27,29)/b22-14-/t16-/m0/s1. The van der Waals surface area contributed by atoms with Gasteiger partial charge in [-0.15, -0.1) is 0 Å². The van der Waals surface area contributed by atoms with Crippen molar-refractivity contribution in [1.29, 1.82) is 0 Å². The molecule has 3 aromatic rings. The predicted octanol–water partition coefficient (Wildman–Crippen LogP) is 5.72. The summed E-state index contributed by atoms with van der Waals surface area (Å²) in [6, 6.07) is 16.5. The van der Waals surface area contributed by atoms with E-state index in [4.69, 9.17) is 17.0 Å². The Morgan fingerprint density at radius 3 is 2.73 bits per heavy atom. The number of hydrogen-bond acceptors (Lipinski definition) is 4. The van der Waals surface area contributed by atoms with Gasteiger partial charge in [-0.05, 0) is 36.1 Å². The molecule has 1 saturated heterocycles. The smallest absolute Gasteiger partial charge is 0.263 e. The first kappa shape index (κ1) is 20.7. The van der Waals surface area contributed by atoms with E-state index in [-0.39, 0.29) is 5.91 Å². The number of nitrogens with one attached hydrogen (secondary N) is 1. The molecule has 1 atom stereocenters. The van der Waals surface area contributed by atoms with E-state index in [1.54, 1.807) is 0 Å². The van der Waals surface area contributed by atoms with Crippen LogP contribution in [0.1, 0.15) is 37.3 Å². The number of nitrogens with zero attached hydrogens (tertiary/aromatic N) is 1. The fraction of sp³-hybridized carbons (Fsp3) is 0.250. The maximum Gasteiger partial charge on any atom is 0.263 e. The van der Waals surface area contributed by atoms with Crippen molar-refractivity contribution in [3.05, 3.63) is 70.8 Å². The summed E-state index contributed by atoms with van der Waals surface area (Å²) in [5.74, 6) is 1.29. The summed E-state index contributed by atoms with van der Waals surface area (Å²) in [4.78, 5) is 12.7. The van der Waals surface area contributed by atoms with Gasteiger partial charge in [-0.3, -0.25) is 4.79 Å². The minimum absolute atomic E-state index is 0.133. The lowest BCUT2D eigenvalue weighted by atomic mass is 9.98. The number of carbonyl (C=O) groups excluding carboxylic acids is 1. The van der Waals surface area contributed by atoms with Gasteiger partial charge in [0.25, 0.3) is 5.91 Å². The van der Waals surface area contributed by atoms with Gasteiger partial charge in [0.1, 0.15) is 16.7 Å². The molecule has 1 aliphatic rings. The molecule has 2 aromatic carbocycles. The van der Waals surface area contributed by atoms with Gasteiger partial charge in [0.05, 0.1) is 11.4 Å². The summed E-state index contributed by atoms with van der Waals surface area (Å²) < 4.78 is 8.85. The van der Waals surface area contributed by atoms with Crippen LogP contribution >= 0.6 is 24.0 Å². The van der Waals surface area contributed by atoms with Gasteiger partial charge >= 0.3 is 0 Å². The van der Waals surface area contributed by atoms with Crippen molar-refractivity contribution in [3.63, 3.8) is 0 Å². The summed E-state index contributed by atoms with van der Waals surface area (Å²) in [7, 11) is 0. The quantitative estimate of drug-likeness (QED) is 0.380. The van der Waals surface area contributed by atoms with E-state index in [2.05, 4.69) is 54.2 Å². The first-order valence-electron chi connectivity index (χ1n) is 10.1. The lowest BCUT2D eigenvalue weighted by Crippen LogP contribution is -2.17. The normalized spacial score (nSPS) is 16.3. The van der Waals surface area contributed by atoms with Gasteiger partial charge in [-0.2, -0.15) is 0 Å². The Hall–Kier alpha value is -2.57. The summed E-state index contributed by atoms with van der Waals surface area (Å²) in [6.45, 7) is 5.71. The van der Waals surface area contributed by atoms with Crippen LogP contribution in [0, 0.1) is 0 Å². The third kappa shape index (κ3) is 4.30. The molecule has 1 amide bonds. The topological polar surface area (TPSA) is 43.3 Å². The van der Waals surface area contributed by atoms with Crippen molar-refractivity contribution in [2.24, 2.45) is 0 Å². The molecule has 0 bridgehead atoms. The summed E-state index contributed by atoms with van der Waals surface area (Å²) in [5, 5.41) is 3.78. The minimum atomic E-state index is -0.133. The third-order valence-corrected chi connectivity index (χ3v) is 6.56. The largest absolute Gasteiger partial charge is 0.491 e. The number of fused-ring (bicyclic) bond motifs is 1. The van der Waals surface area contributed by atoms with Gasteiger partial charge < -0.3 is 14.6 Å². The zero-order chi connectivity index (χ0) is 21.1. The molecule has 2 heterocycles. The molecule has 0 aliphatic carbocycles. The van der Waals surface area contributed by atoms with Crippen LogP contribution in [-0.4, -0.2) is 21.4 Å². The number of hydrogen-bond donors (Lipinski definition) is 1. The summed E-state index contributed by atoms with van der Waals surface area (Å²) in [6.07, 6.45) is 5.07. The molecule has 6 heteroatoms. The first-order valence-corrected chi connectivity index (χ1v) is 11.3. The molecule has 4 rings (SSSR count). The minimum Gasteiger partial charge on any atom is -0.491 e. The fourth-order valence-electron chi connectivity index (χ4n) is 3.63. The van der Waals surface area contributed by atoms with E-state index in [9.17, 15) is 4.79 Å². The zero-order valence-corrected chi connectivity index (χ0v) is 18.7. The average Bonchev–Trinajstić information content (AvgIpc) is 3.27. The molecule has 0 saturated carbocycles. The van der Waals surface area contributed by atoms with E-state index in [0.717, 1.165) is 35.2 Å². The molecule has 0 unspecified atom stereocenters. The Bertz CT molecular complexity index is 1130. The lowest BCUT2D eigenvalue weighted by Gasteiger charge is -2.16. The molecular formula is C24H24N2O2S2. The number of rotatable bonds is 7. The van der Waals surface area contributed by atoms with Crippen LogP contribution in [0.25, 0.3) is 17.0 Å². The van der Waals surface area contributed by atoms with Crippen LogP contribution in [0.5, 0.6) is 5.75 Å². The number of para-hydroxylation sites is 2. The number of carbonyl (C=O) groups is 1. The Morgan fingerprint density at radius 2 is 1.97 bits per heavy atom. The second-order valence-electron chi connectivity index (χ2n) is 7.34. The number of aromatic nitrogens is 1. The number of thiocarbonyl (C=S) groups is 1. The molecule has 30 heavy (non-hydrogen) atoms. The molecule has 1 aromatic heterocycles. The van der Waals surface area contributed by atoms with Crippen LogP contribution in [0.2, 0.25) is 0 Å². The van der Waals surface area contributed by atoms with Gasteiger partial charge in [0.2, 0.25) is 0 Å². The number of amides is 1. The van der Waals surface area contributed by atoms with E-state index < -0.39 is 0 Å². The fourth-order valence-corrected chi connectivity index (χ4v) is 4.67. The highest BCUT2D eigenvalue weighted by Gasteiger charge is 2.22. The first-order chi connectivity index (χ1) is 14.6. The molecule has 1 N–H and O–H groups in total. The highest BCUT2D eigenvalue weighted by molar-refractivity contribution is 8.26. The van der Waals surface area contributed by atoms with E-state index in [1.807, 2.05) is 30.3 Å². The van der Waals surface area contributed by atoms with Crippen LogP contribution in [0.15, 0.2) is 59.6 Å². The number of thioether (sulfide) groups is 1. The average molecular weight is 437 g/mol. The Balaban J connectivity index is 1.56. The molecular weight excluding hydrogens is 412 g/mol. The second kappa shape index (κ2) is 9.06. The van der Waals surface area contributed by atoms with Gasteiger partial charge in [0.15, 0.2) is 0 Å². The van der Waals surface area contributed by atoms with Crippen molar-refractivity contribution in [2.75, 3.05) is 6.61 Å². The van der Waals surface area contributed by atoms with Crippen LogP contribution in [0.4, 0.5) is 0 Å². The molecule has 1 aliphatic heterocycles. The number of benzene rings is 2. The van der Waals surface area contributed by atoms with Gasteiger partial charge in [-0.1, -0.05) is 74.2 Å². The third-order valence-electron chi connectivity index (χ3n) is 5.40. The van der Waals surface area contributed by atoms with Gasteiger partial charge in [0, 0.05) is 22.7 Å². The van der Waals surface area contributed by atoms with E-state index in [1.165, 1.54) is 17.3 Å². The maximum atomic E-state index is 12.1. The SMILES string of the molecule is CC[C@H](C)c1ccccc1OCCn1cc(/C=C2\SC(=S)NC2=O)c2ccccc21. The number of ether oxygens (including phenoxy) is 1. The van der Waals surface area contributed by atoms with Crippen molar-refractivity contribution < 1.29 is 9.53 Å². The molecule has 0 spiro atoms. The lowest BCUT2D eigenvalue weighted by molar-refractivity contribution is -0.115. The van der Waals surface area contributed by atoms with Gasteiger partial charge in [-0.25, -0.2) is 0 Å². The van der Waals surface area contributed by atoms with Crippen LogP contribution in [0.3, 0.4) is 0 Å². The summed E-state index contributed by atoms with van der Waals surface area (Å²) in [5.41, 5.74) is 3.38. The zero-order valence-electron chi connectivity index (χ0n) is 17.1. The Kier molecular flexibility index (Phi) is 6.25. The van der Waals surface area contributed by atoms with E-state index >= 15 is 0 Å². The van der Waals surface area contributed by atoms with E-state index in [0.29, 0.717) is 21.8 Å². The molecule has 4 nitrogen and oxygen atoms in total. The predicted molar refractivity (Wildman–Crippen MR) is 129 cm³/mol. The second-order valence-corrected chi connectivity index (χ2v) is 9.06. The Labute approximate surface area is 186 Å². The Morgan fingerprint density at radius 1 is 1.20 bits per heavy atom. The maximum absolute atomic E-state index is 12.1. The highest BCUT2D eigenvalue weighted by Crippen LogP contribution is 2.31. The van der Waals surface area contributed by atoms with Crippen molar-refractivity contribution in [3.8, 4) is 5.75 Å². The monoisotopic (exact) mass is 436 g/mol. The summed E-state index contributed by atoms with van der Waals surface area (Å²) >= 11 is 6.41. The molecule has 0 radical (unpaired) electrons. The van der Waals surface area contributed by atoms with Crippen molar-refractivity contribution in [1.82, 2.24) is 9.88 Å².